The van der Waals surface area contributed by atoms with E-state index in [0.717, 1.165) is 0 Å². The highest BCUT2D eigenvalue weighted by molar-refractivity contribution is 5.88. The number of anilines is 2. The number of aromatic nitrogens is 6. The number of para-hydroxylation sites is 2. The van der Waals surface area contributed by atoms with Crippen molar-refractivity contribution in [2.45, 2.75) is 52.7 Å². The Balaban J connectivity index is 0.000000209. The van der Waals surface area contributed by atoms with Gasteiger partial charge in [-0.05, 0) is 113 Å². The number of carbonyl (C=O) groups is 2. The molecule has 8 aromatic rings. The lowest BCUT2D eigenvalue weighted by Crippen LogP contribution is -2.34. The first-order valence-corrected chi connectivity index (χ1v) is 22.1. The highest BCUT2D eigenvalue weighted by Crippen LogP contribution is 2.33. The van der Waals surface area contributed by atoms with E-state index in [-0.39, 0.29) is 11.1 Å². The summed E-state index contributed by atoms with van der Waals surface area (Å²) in [6.45, 7) is 25.8. The van der Waals surface area contributed by atoms with Gasteiger partial charge in [0.25, 0.3) is 11.1 Å². The van der Waals surface area contributed by atoms with Crippen molar-refractivity contribution in [3.63, 3.8) is 0 Å². The van der Waals surface area contributed by atoms with Gasteiger partial charge in [0.2, 0.25) is 0 Å². The van der Waals surface area contributed by atoms with Gasteiger partial charge < -0.3 is 9.47 Å². The Morgan fingerprint density at radius 2 is 1.01 bits per heavy atom. The van der Waals surface area contributed by atoms with Crippen LogP contribution < -0.4 is 21.3 Å². The first kappa shape index (κ1) is 49.4. The molecule has 0 aliphatic rings. The predicted octanol–water partition coefficient (Wildman–Crippen LogP) is 11.7. The van der Waals surface area contributed by atoms with E-state index in [1.54, 1.807) is 207 Å². The molecule has 0 radical (unpaired) electrons. The van der Waals surface area contributed by atoms with Crippen molar-refractivity contribution in [1.82, 2.24) is 29.1 Å². The van der Waals surface area contributed by atoms with Crippen molar-refractivity contribution in [2.24, 2.45) is 0 Å². The smallest absolute Gasteiger partial charge is 0.414 e. The van der Waals surface area contributed by atoms with Gasteiger partial charge in [0.1, 0.15) is 11.2 Å². The minimum absolute atomic E-state index is 0.317. The zero-order valence-electron chi connectivity index (χ0n) is 40.0. The molecule has 4 heterocycles. The van der Waals surface area contributed by atoms with Crippen LogP contribution in [0.3, 0.4) is 0 Å². The number of rotatable bonds is 8. The fourth-order valence-corrected chi connectivity index (χ4v) is 7.11. The first-order chi connectivity index (χ1) is 33.9. The zero-order chi connectivity index (χ0) is 50.9. The Kier molecular flexibility index (Phi) is 14.7. The topological polar surface area (TPSA) is 172 Å². The van der Waals surface area contributed by atoms with Crippen LogP contribution in [-0.2, 0) is 9.47 Å². The summed E-state index contributed by atoms with van der Waals surface area (Å²) in [5.74, 6) is 0.876. The molecule has 0 atom stereocenters. The Morgan fingerprint density at radius 3 is 1.48 bits per heavy atom. The average Bonchev–Trinajstić information content (AvgIpc) is 3.36. The number of nitrogens with zero attached hydrogens (tertiary/aromatic N) is 9. The summed E-state index contributed by atoms with van der Waals surface area (Å²) >= 11 is 0. The largest absolute Gasteiger partial charge is 0.444 e. The quantitative estimate of drug-likeness (QED) is 0.144. The van der Waals surface area contributed by atoms with Crippen molar-refractivity contribution in [3.8, 4) is 56.4 Å². The summed E-state index contributed by atoms with van der Waals surface area (Å²) in [7, 11) is 1.61. The Hall–Kier alpha value is -9.54. The lowest BCUT2D eigenvalue weighted by atomic mass is 10.0. The van der Waals surface area contributed by atoms with Crippen LogP contribution >= 0.6 is 0 Å². The lowest BCUT2D eigenvalue weighted by Gasteiger charge is -2.25. The van der Waals surface area contributed by atoms with E-state index in [2.05, 4.69) is 34.9 Å². The minimum Gasteiger partial charge on any atom is -0.444 e. The van der Waals surface area contributed by atoms with Crippen molar-refractivity contribution >= 4 is 34.9 Å². The van der Waals surface area contributed by atoms with Gasteiger partial charge in [-0.15, -0.1) is 0 Å². The molecule has 0 saturated heterocycles. The SMILES string of the molecule is [C-]#[N+]c1ccccc1-c1cc(-c2ncccn2)cn(-c2cccc(N(C)C(=O)OC(C)(C)C)c2)c1=O.[C-]#[N+]c1ccccc1-c1cc(-c2ncccn2)cn(-c2cccc(NC(=O)OC(C)(C)C)c2)c1=O. The van der Waals surface area contributed by atoms with E-state index in [1.165, 1.54) is 14.0 Å². The molecule has 1 N–H and O–H groups in total. The van der Waals surface area contributed by atoms with Crippen molar-refractivity contribution in [2.75, 3.05) is 17.3 Å². The Bertz CT molecular complexity index is 3460. The highest BCUT2D eigenvalue weighted by Gasteiger charge is 2.23. The molecule has 0 unspecified atom stereocenters. The van der Waals surface area contributed by atoms with Crippen molar-refractivity contribution < 1.29 is 19.1 Å². The molecule has 16 heteroatoms. The molecule has 0 fully saturated rings. The summed E-state index contributed by atoms with van der Waals surface area (Å²) in [6, 6.07) is 34.6. The molecule has 4 aromatic carbocycles. The zero-order valence-corrected chi connectivity index (χ0v) is 40.0. The van der Waals surface area contributed by atoms with Crippen LogP contribution in [0.2, 0.25) is 0 Å². The molecule has 0 aliphatic carbocycles. The van der Waals surface area contributed by atoms with E-state index in [9.17, 15) is 19.2 Å². The van der Waals surface area contributed by atoms with Gasteiger partial charge >= 0.3 is 12.2 Å². The molecule has 0 bridgehead atoms. The number of hydrogen-bond acceptors (Lipinski definition) is 10. The second kappa shape index (κ2) is 21.2. The molecule has 2 amide bonds. The Morgan fingerprint density at radius 1 is 0.563 bits per heavy atom. The number of carbonyl (C=O) groups excluding carboxylic acids is 2. The van der Waals surface area contributed by atoms with E-state index in [1.807, 2.05) is 0 Å². The molecule has 4 aromatic heterocycles. The van der Waals surface area contributed by atoms with Crippen molar-refractivity contribution in [3.05, 3.63) is 202 Å². The van der Waals surface area contributed by atoms with Gasteiger partial charge in [-0.25, -0.2) is 39.2 Å². The number of hydrogen-bond donors (Lipinski definition) is 1. The number of pyridine rings is 2. The molecule has 71 heavy (non-hydrogen) atoms. The average molecular weight is 945 g/mol. The first-order valence-electron chi connectivity index (χ1n) is 22.1. The van der Waals surface area contributed by atoms with Gasteiger partial charge in [-0.1, -0.05) is 60.7 Å². The van der Waals surface area contributed by atoms with Crippen LogP contribution in [0.1, 0.15) is 41.5 Å². The number of ether oxygens (including phenoxy) is 2. The van der Waals surface area contributed by atoms with Crippen LogP contribution in [0.5, 0.6) is 0 Å². The molecule has 0 aliphatic heterocycles. The fourth-order valence-electron chi connectivity index (χ4n) is 7.11. The second-order valence-corrected chi connectivity index (χ2v) is 17.8. The number of benzene rings is 4. The minimum atomic E-state index is -0.645. The molecule has 16 nitrogen and oxygen atoms in total. The molecular weight excluding hydrogens is 897 g/mol. The van der Waals surface area contributed by atoms with Gasteiger partial charge in [0.15, 0.2) is 23.0 Å². The maximum Gasteiger partial charge on any atom is 0.414 e. The van der Waals surface area contributed by atoms with Crippen LogP contribution in [0.15, 0.2) is 168 Å². The summed E-state index contributed by atoms with van der Waals surface area (Å²) < 4.78 is 13.7. The fraction of sp³-hybridized carbons (Fsp3) is 0.164. The summed E-state index contributed by atoms with van der Waals surface area (Å²) in [5.41, 5.74) is 3.80. The van der Waals surface area contributed by atoms with Crippen LogP contribution in [-0.4, -0.2) is 59.5 Å². The van der Waals surface area contributed by atoms with E-state index < -0.39 is 23.4 Å². The third-order valence-corrected chi connectivity index (χ3v) is 10.2. The van der Waals surface area contributed by atoms with Crippen LogP contribution in [0.4, 0.5) is 32.3 Å². The van der Waals surface area contributed by atoms with Crippen LogP contribution in [0.25, 0.3) is 66.1 Å². The highest BCUT2D eigenvalue weighted by atomic mass is 16.6. The molecule has 8 rings (SSSR count). The molecule has 354 valence electrons. The van der Waals surface area contributed by atoms with Gasteiger partial charge in [0, 0.05) is 77.9 Å². The summed E-state index contributed by atoms with van der Waals surface area (Å²) in [5, 5.41) is 2.70. The molecule has 0 saturated carbocycles. The summed E-state index contributed by atoms with van der Waals surface area (Å²) in [4.78, 5) is 78.1. The lowest BCUT2D eigenvalue weighted by molar-refractivity contribution is 0.0587. The normalized spacial score (nSPS) is 10.9. The molecule has 0 spiro atoms. The molecular formula is C55H48N10O6. The predicted molar refractivity (Wildman–Crippen MR) is 274 cm³/mol. The standard InChI is InChI=1S/C28H25N5O3.C27H23N5O3/c1-28(2,3)36-27(35)32(5)20-10-8-11-21(17-20)33-18-19(25-30-14-9-15-31-25)16-23(26(33)34)22-12-6-7-13-24(22)29-4;1-27(2,3)35-26(34)31-19-9-7-10-20(16-19)32-17-18(24-29-13-8-14-30-24)15-22(25(32)33)21-11-5-6-12-23(21)28-4/h6-18H,1-3,5H3;5-17H,1-3H3,(H,31,34). The van der Waals surface area contributed by atoms with E-state index >= 15 is 0 Å². The van der Waals surface area contributed by atoms with Crippen LogP contribution in [0, 0.1) is 13.1 Å². The number of nitrogens with one attached hydrogen (secondary N) is 1. The van der Waals surface area contributed by atoms with Gasteiger partial charge in [-0.2, -0.15) is 0 Å². The third-order valence-electron chi connectivity index (χ3n) is 10.2. The second-order valence-electron chi connectivity index (χ2n) is 17.8. The van der Waals surface area contributed by atoms with E-state index in [0.29, 0.717) is 79.2 Å². The van der Waals surface area contributed by atoms with Gasteiger partial charge in [-0.3, -0.25) is 28.9 Å². The monoisotopic (exact) mass is 944 g/mol. The maximum atomic E-state index is 13.7. The van der Waals surface area contributed by atoms with Gasteiger partial charge in [0.05, 0.1) is 24.5 Å². The Labute approximate surface area is 410 Å². The maximum absolute atomic E-state index is 13.7. The number of amides is 2. The van der Waals surface area contributed by atoms with Crippen molar-refractivity contribution in [1.29, 1.82) is 0 Å². The third kappa shape index (κ3) is 12.1. The van der Waals surface area contributed by atoms with E-state index in [4.69, 9.17) is 22.6 Å². The summed E-state index contributed by atoms with van der Waals surface area (Å²) in [6.07, 6.45) is 8.70.